The fraction of sp³-hybridized carbons (Fsp3) is 0.333. The molecule has 0 spiro atoms. The van der Waals surface area contributed by atoms with Crippen LogP contribution in [0, 0.1) is 6.92 Å². The Morgan fingerprint density at radius 3 is 2.58 bits per heavy atom. The molecule has 0 saturated carbocycles. The molecule has 0 saturated heterocycles. The van der Waals surface area contributed by atoms with Gasteiger partial charge in [-0.3, -0.25) is 0 Å². The van der Waals surface area contributed by atoms with Crippen LogP contribution in [0.5, 0.6) is 0 Å². The van der Waals surface area contributed by atoms with Gasteiger partial charge in [0.2, 0.25) is 0 Å². The van der Waals surface area contributed by atoms with E-state index in [2.05, 4.69) is 36.2 Å². The molecular formula is C9H15NOSi. The number of anilines is 1. The number of hydrogen-bond acceptors (Lipinski definition) is 2. The molecule has 0 unspecified atom stereocenters. The fourth-order valence-corrected chi connectivity index (χ4v) is 1.62. The van der Waals surface area contributed by atoms with Crippen LogP contribution < -0.4 is 4.98 Å². The maximum atomic E-state index is 5.30. The van der Waals surface area contributed by atoms with Crippen LogP contribution in [0.1, 0.15) is 12.5 Å². The van der Waals surface area contributed by atoms with Gasteiger partial charge in [0.1, 0.15) is 0 Å². The molecule has 1 aromatic rings. The molecule has 0 aliphatic carbocycles. The summed E-state index contributed by atoms with van der Waals surface area (Å²) in [7, 11) is -0.549. The highest BCUT2D eigenvalue weighted by molar-refractivity contribution is 6.32. The standard InChI is InChI=1S/C9H15NOSi/c1-3-11-12-10-9-6-4-8(2)5-7-9/h4-7,10H,3,12H2,1-2H3. The van der Waals surface area contributed by atoms with Crippen LogP contribution in [0.4, 0.5) is 5.69 Å². The van der Waals surface area contributed by atoms with Crippen LogP contribution >= 0.6 is 0 Å². The Morgan fingerprint density at radius 2 is 2.00 bits per heavy atom. The lowest BCUT2D eigenvalue weighted by Crippen LogP contribution is -2.10. The van der Waals surface area contributed by atoms with Crippen molar-refractivity contribution in [2.75, 3.05) is 11.6 Å². The topological polar surface area (TPSA) is 21.3 Å². The summed E-state index contributed by atoms with van der Waals surface area (Å²) in [5.41, 5.74) is 2.46. The molecule has 0 heterocycles. The summed E-state index contributed by atoms with van der Waals surface area (Å²) in [6.07, 6.45) is 0. The average Bonchev–Trinajstić information content (AvgIpc) is 2.09. The summed E-state index contributed by atoms with van der Waals surface area (Å²) in [6.45, 7) is 4.92. The quantitative estimate of drug-likeness (QED) is 0.560. The van der Waals surface area contributed by atoms with Gasteiger partial charge in [-0.2, -0.15) is 0 Å². The lowest BCUT2D eigenvalue weighted by molar-refractivity contribution is 0.364. The summed E-state index contributed by atoms with van der Waals surface area (Å²) in [6, 6.07) is 8.37. The molecule has 1 aromatic carbocycles. The number of rotatable bonds is 4. The Hall–Kier alpha value is -0.803. The van der Waals surface area contributed by atoms with E-state index in [1.807, 2.05) is 6.92 Å². The summed E-state index contributed by atoms with van der Waals surface area (Å²) in [5, 5.41) is 0. The minimum atomic E-state index is -0.549. The molecule has 1 rings (SSSR count). The molecule has 2 nitrogen and oxygen atoms in total. The lowest BCUT2D eigenvalue weighted by Gasteiger charge is -2.04. The van der Waals surface area contributed by atoms with E-state index in [9.17, 15) is 0 Å². The van der Waals surface area contributed by atoms with Crippen molar-refractivity contribution >= 4 is 15.6 Å². The predicted molar refractivity (Wildman–Crippen MR) is 55.0 cm³/mol. The Balaban J connectivity index is 2.37. The molecule has 0 bridgehead atoms. The third-order valence-electron chi connectivity index (χ3n) is 1.63. The van der Waals surface area contributed by atoms with Gasteiger partial charge < -0.3 is 9.41 Å². The third-order valence-corrected chi connectivity index (χ3v) is 2.80. The van der Waals surface area contributed by atoms with Crippen molar-refractivity contribution in [3.05, 3.63) is 29.8 Å². The van der Waals surface area contributed by atoms with Gasteiger partial charge in [-0.05, 0) is 26.0 Å². The molecule has 0 aliphatic heterocycles. The van der Waals surface area contributed by atoms with Crippen LogP contribution in [-0.2, 0) is 4.43 Å². The van der Waals surface area contributed by atoms with Crippen LogP contribution in [0.2, 0.25) is 0 Å². The van der Waals surface area contributed by atoms with Gasteiger partial charge in [0.15, 0.2) is 0 Å². The Bertz CT molecular complexity index is 222. The first kappa shape index (κ1) is 9.29. The molecule has 1 N–H and O–H groups in total. The van der Waals surface area contributed by atoms with E-state index in [-0.39, 0.29) is 0 Å². The lowest BCUT2D eigenvalue weighted by atomic mass is 10.2. The normalized spacial score (nSPS) is 10.8. The monoisotopic (exact) mass is 181 g/mol. The SMILES string of the molecule is CCO[SiH2]Nc1ccc(C)cc1. The van der Waals surface area contributed by atoms with Gasteiger partial charge in [-0.25, -0.2) is 0 Å². The molecule has 0 aliphatic rings. The minimum Gasteiger partial charge on any atom is -0.404 e. The van der Waals surface area contributed by atoms with Gasteiger partial charge in [-0.1, -0.05) is 17.7 Å². The molecule has 3 heteroatoms. The Kier molecular flexibility index (Phi) is 3.83. The highest BCUT2D eigenvalue weighted by Gasteiger charge is 1.89. The van der Waals surface area contributed by atoms with Crippen LogP contribution in [-0.4, -0.2) is 16.5 Å². The highest BCUT2D eigenvalue weighted by atomic mass is 28.2. The van der Waals surface area contributed by atoms with Crippen molar-refractivity contribution in [1.29, 1.82) is 0 Å². The van der Waals surface area contributed by atoms with Crippen molar-refractivity contribution in [3.63, 3.8) is 0 Å². The second-order valence-corrected chi connectivity index (χ2v) is 3.73. The molecule has 0 amide bonds. The zero-order valence-corrected chi connectivity index (χ0v) is 9.05. The first-order valence-corrected chi connectivity index (χ1v) is 5.49. The number of nitrogens with one attached hydrogen (secondary N) is 1. The van der Waals surface area contributed by atoms with Crippen LogP contribution in [0.3, 0.4) is 0 Å². The first-order chi connectivity index (χ1) is 5.83. The average molecular weight is 181 g/mol. The zero-order chi connectivity index (χ0) is 8.81. The second-order valence-electron chi connectivity index (χ2n) is 2.68. The smallest absolute Gasteiger partial charge is 0.264 e. The minimum absolute atomic E-state index is 0.549. The molecule has 0 atom stereocenters. The predicted octanol–water partition coefficient (Wildman–Crippen LogP) is 1.44. The summed E-state index contributed by atoms with van der Waals surface area (Å²) >= 11 is 0. The van der Waals surface area contributed by atoms with Gasteiger partial charge >= 0.3 is 0 Å². The molecule has 66 valence electrons. The molecule has 0 radical (unpaired) electrons. The van der Waals surface area contributed by atoms with Crippen LogP contribution in [0.15, 0.2) is 24.3 Å². The van der Waals surface area contributed by atoms with Crippen molar-refractivity contribution in [2.24, 2.45) is 0 Å². The molecule has 12 heavy (non-hydrogen) atoms. The largest absolute Gasteiger partial charge is 0.404 e. The van der Waals surface area contributed by atoms with Gasteiger partial charge in [0.05, 0.1) is 0 Å². The van der Waals surface area contributed by atoms with Crippen molar-refractivity contribution in [2.45, 2.75) is 13.8 Å². The molecule has 0 aromatic heterocycles. The third kappa shape index (κ3) is 3.07. The van der Waals surface area contributed by atoms with E-state index in [0.29, 0.717) is 0 Å². The number of aryl methyl sites for hydroxylation is 1. The van der Waals surface area contributed by atoms with E-state index in [1.165, 1.54) is 11.3 Å². The van der Waals surface area contributed by atoms with Crippen molar-refractivity contribution in [3.8, 4) is 0 Å². The maximum absolute atomic E-state index is 5.30. The fourth-order valence-electron chi connectivity index (χ4n) is 0.908. The van der Waals surface area contributed by atoms with E-state index in [1.54, 1.807) is 0 Å². The van der Waals surface area contributed by atoms with E-state index >= 15 is 0 Å². The first-order valence-electron chi connectivity index (χ1n) is 4.21. The van der Waals surface area contributed by atoms with E-state index in [4.69, 9.17) is 4.43 Å². The van der Waals surface area contributed by atoms with Gasteiger partial charge in [0.25, 0.3) is 9.92 Å². The Morgan fingerprint density at radius 1 is 1.33 bits per heavy atom. The van der Waals surface area contributed by atoms with E-state index in [0.717, 1.165) is 6.61 Å². The molecule has 0 fully saturated rings. The van der Waals surface area contributed by atoms with Gasteiger partial charge in [-0.15, -0.1) is 0 Å². The Labute approximate surface area is 76.0 Å². The van der Waals surface area contributed by atoms with E-state index < -0.39 is 9.92 Å². The zero-order valence-electron chi connectivity index (χ0n) is 7.63. The summed E-state index contributed by atoms with van der Waals surface area (Å²) in [5.74, 6) is 0. The maximum Gasteiger partial charge on any atom is 0.264 e. The highest BCUT2D eigenvalue weighted by Crippen LogP contribution is 2.07. The van der Waals surface area contributed by atoms with Crippen molar-refractivity contribution < 1.29 is 4.43 Å². The van der Waals surface area contributed by atoms with Gasteiger partial charge in [0, 0.05) is 12.3 Å². The summed E-state index contributed by atoms with van der Waals surface area (Å²) in [4.78, 5) is 3.29. The van der Waals surface area contributed by atoms with Crippen molar-refractivity contribution in [1.82, 2.24) is 0 Å². The summed E-state index contributed by atoms with van der Waals surface area (Å²) < 4.78 is 5.30. The second kappa shape index (κ2) is 4.95. The molecular weight excluding hydrogens is 166 g/mol. The van der Waals surface area contributed by atoms with Crippen LogP contribution in [0.25, 0.3) is 0 Å². The number of benzene rings is 1. The number of hydrogen-bond donors (Lipinski definition) is 1.